The molecule has 2 saturated carbocycles. The number of hydrogen-bond acceptors (Lipinski definition) is 0. The molecule has 2 fully saturated rings. The first-order valence-corrected chi connectivity index (χ1v) is 4.66. The topological polar surface area (TPSA) is 0 Å². The summed E-state index contributed by atoms with van der Waals surface area (Å²) in [4.78, 5) is 0. The predicted octanol–water partition coefficient (Wildman–Crippen LogP) is 3.18. The highest BCUT2D eigenvalue weighted by Gasteiger charge is 2.39. The molecule has 0 saturated heterocycles. The number of fused-ring (bicyclic) bond motifs is 1. The minimum absolute atomic E-state index is 0.665. The summed E-state index contributed by atoms with van der Waals surface area (Å²) in [5, 5.41) is 0. The Morgan fingerprint density at radius 1 is 1.30 bits per heavy atom. The van der Waals surface area contributed by atoms with Crippen LogP contribution in [0.3, 0.4) is 0 Å². The van der Waals surface area contributed by atoms with Crippen LogP contribution < -0.4 is 0 Å². The van der Waals surface area contributed by atoms with Crippen LogP contribution in [0.15, 0.2) is 0 Å². The second-order valence-electron chi connectivity index (χ2n) is 4.23. The molecule has 57 valence electrons. The van der Waals surface area contributed by atoms with Gasteiger partial charge in [0.1, 0.15) is 0 Å². The van der Waals surface area contributed by atoms with Crippen LogP contribution in [0, 0.1) is 17.8 Å². The first-order valence-electron chi connectivity index (χ1n) is 4.66. The minimum Gasteiger partial charge on any atom is -0.0591 e. The Balaban J connectivity index is 2.10. The lowest BCUT2D eigenvalue weighted by molar-refractivity contribution is 0.186. The van der Waals surface area contributed by atoms with Gasteiger partial charge in [-0.1, -0.05) is 19.8 Å². The molecule has 0 N–H and O–H groups in total. The third-order valence-corrected chi connectivity index (χ3v) is 3.58. The molecule has 2 aliphatic rings. The summed E-state index contributed by atoms with van der Waals surface area (Å²) in [6.07, 6.45) is 11.4. The normalized spacial score (nSPS) is 47.1. The molecule has 0 aromatic heterocycles. The summed E-state index contributed by atoms with van der Waals surface area (Å²) >= 11 is 0. The van der Waals surface area contributed by atoms with Crippen molar-refractivity contribution < 1.29 is 0 Å². The lowest BCUT2D eigenvalue weighted by atomic mass is 9.70. The molecule has 10 heavy (non-hydrogen) atoms. The lowest BCUT2D eigenvalue weighted by Crippen LogP contribution is -2.25. The molecule has 0 aromatic carbocycles. The van der Waals surface area contributed by atoms with E-state index in [0.29, 0.717) is 5.41 Å². The molecule has 0 bridgehead atoms. The van der Waals surface area contributed by atoms with Crippen LogP contribution in [0.5, 0.6) is 0 Å². The van der Waals surface area contributed by atoms with Crippen LogP contribution in [0.2, 0.25) is 0 Å². The molecule has 0 spiro atoms. The molecular formula is C10H17. The van der Waals surface area contributed by atoms with E-state index in [1.165, 1.54) is 38.5 Å². The molecule has 1 radical (unpaired) electrons. The monoisotopic (exact) mass is 137 g/mol. The quantitative estimate of drug-likeness (QED) is 0.481. The molecule has 2 aliphatic carbocycles. The highest BCUT2D eigenvalue weighted by Crippen LogP contribution is 2.50. The van der Waals surface area contributed by atoms with Gasteiger partial charge in [0.05, 0.1) is 0 Å². The molecule has 0 heterocycles. The zero-order chi connectivity index (χ0) is 7.03. The molecule has 2 atom stereocenters. The van der Waals surface area contributed by atoms with Gasteiger partial charge in [-0.25, -0.2) is 0 Å². The maximum atomic E-state index is 2.58. The van der Waals surface area contributed by atoms with Crippen molar-refractivity contribution in [3.05, 3.63) is 6.42 Å². The third kappa shape index (κ3) is 0.889. The van der Waals surface area contributed by atoms with E-state index in [0.717, 1.165) is 5.92 Å². The Hall–Kier alpha value is 0. The van der Waals surface area contributed by atoms with Gasteiger partial charge in [0.2, 0.25) is 0 Å². The maximum Gasteiger partial charge on any atom is -0.0266 e. The van der Waals surface area contributed by atoms with Crippen molar-refractivity contribution in [1.82, 2.24) is 0 Å². The van der Waals surface area contributed by atoms with Crippen LogP contribution >= 0.6 is 0 Å². The summed E-state index contributed by atoms with van der Waals surface area (Å²) in [7, 11) is 0. The number of hydrogen-bond donors (Lipinski definition) is 0. The molecule has 0 aliphatic heterocycles. The summed E-state index contributed by atoms with van der Waals surface area (Å²) in [5.74, 6) is 1.06. The second-order valence-corrected chi connectivity index (χ2v) is 4.23. The fourth-order valence-corrected chi connectivity index (χ4v) is 2.79. The average Bonchev–Trinajstić information content (AvgIpc) is 2.29. The second kappa shape index (κ2) is 2.25. The molecule has 0 heteroatoms. The van der Waals surface area contributed by atoms with E-state index in [1.807, 2.05) is 0 Å². The van der Waals surface area contributed by atoms with E-state index >= 15 is 0 Å². The van der Waals surface area contributed by atoms with Crippen LogP contribution in [-0.4, -0.2) is 0 Å². The van der Waals surface area contributed by atoms with Crippen molar-refractivity contribution in [2.75, 3.05) is 0 Å². The van der Waals surface area contributed by atoms with Crippen LogP contribution in [0.4, 0.5) is 0 Å². The van der Waals surface area contributed by atoms with Gasteiger partial charge in [0, 0.05) is 0 Å². The Labute approximate surface area is 64.0 Å². The van der Waals surface area contributed by atoms with E-state index in [2.05, 4.69) is 13.3 Å². The van der Waals surface area contributed by atoms with Crippen LogP contribution in [0.25, 0.3) is 0 Å². The van der Waals surface area contributed by atoms with Crippen molar-refractivity contribution in [1.29, 1.82) is 0 Å². The fraction of sp³-hybridized carbons (Fsp3) is 0.900. The summed E-state index contributed by atoms with van der Waals surface area (Å²) in [6, 6.07) is 0. The minimum atomic E-state index is 0.665. The largest absolute Gasteiger partial charge is 0.0591 e. The third-order valence-electron chi connectivity index (χ3n) is 3.58. The van der Waals surface area contributed by atoms with Gasteiger partial charge in [-0.3, -0.25) is 0 Å². The van der Waals surface area contributed by atoms with Crippen molar-refractivity contribution in [3.63, 3.8) is 0 Å². The highest BCUT2D eigenvalue weighted by atomic mass is 14.4. The number of rotatable bonds is 0. The van der Waals surface area contributed by atoms with E-state index in [1.54, 1.807) is 0 Å². The van der Waals surface area contributed by atoms with Crippen LogP contribution in [-0.2, 0) is 0 Å². The van der Waals surface area contributed by atoms with Gasteiger partial charge in [-0.15, -0.1) is 0 Å². The molecule has 0 nitrogen and oxygen atoms in total. The lowest BCUT2D eigenvalue weighted by Gasteiger charge is -2.35. The fourth-order valence-electron chi connectivity index (χ4n) is 2.79. The first-order chi connectivity index (χ1) is 4.81. The Morgan fingerprint density at radius 3 is 3.00 bits per heavy atom. The zero-order valence-electron chi connectivity index (χ0n) is 6.90. The Kier molecular flexibility index (Phi) is 1.51. The van der Waals surface area contributed by atoms with Gasteiger partial charge in [0.15, 0.2) is 0 Å². The standard InChI is InChI=1S/C10H17/c1-10-7-3-2-5-9(10)6-4-8-10/h8-9H,2-7H2,1H3. The smallest absolute Gasteiger partial charge is 0.0266 e. The molecule has 2 rings (SSSR count). The SMILES string of the molecule is CC12[CH]CCC1CCCC2. The molecule has 2 unspecified atom stereocenters. The van der Waals surface area contributed by atoms with E-state index in [4.69, 9.17) is 0 Å². The van der Waals surface area contributed by atoms with Crippen molar-refractivity contribution in [2.24, 2.45) is 11.3 Å². The zero-order valence-corrected chi connectivity index (χ0v) is 6.90. The van der Waals surface area contributed by atoms with Gasteiger partial charge >= 0.3 is 0 Å². The highest BCUT2D eigenvalue weighted by molar-refractivity contribution is 5.01. The van der Waals surface area contributed by atoms with Gasteiger partial charge in [0.25, 0.3) is 0 Å². The summed E-state index contributed by atoms with van der Waals surface area (Å²) in [6.45, 7) is 2.46. The summed E-state index contributed by atoms with van der Waals surface area (Å²) < 4.78 is 0. The van der Waals surface area contributed by atoms with Crippen LogP contribution in [0.1, 0.15) is 45.4 Å². The predicted molar refractivity (Wildman–Crippen MR) is 43.6 cm³/mol. The van der Waals surface area contributed by atoms with Gasteiger partial charge < -0.3 is 0 Å². The van der Waals surface area contributed by atoms with E-state index in [-0.39, 0.29) is 0 Å². The van der Waals surface area contributed by atoms with Gasteiger partial charge in [-0.2, -0.15) is 0 Å². The Morgan fingerprint density at radius 2 is 2.20 bits per heavy atom. The Bertz CT molecular complexity index is 128. The molecule has 0 amide bonds. The average molecular weight is 137 g/mol. The molecule has 0 aromatic rings. The van der Waals surface area contributed by atoms with Crippen molar-refractivity contribution >= 4 is 0 Å². The van der Waals surface area contributed by atoms with E-state index < -0.39 is 0 Å². The van der Waals surface area contributed by atoms with E-state index in [9.17, 15) is 0 Å². The van der Waals surface area contributed by atoms with Crippen molar-refractivity contribution in [3.8, 4) is 0 Å². The summed E-state index contributed by atoms with van der Waals surface area (Å²) in [5.41, 5.74) is 0.665. The first kappa shape index (κ1) is 6.69. The maximum absolute atomic E-state index is 2.58. The molecular weight excluding hydrogens is 120 g/mol. The van der Waals surface area contributed by atoms with Crippen molar-refractivity contribution in [2.45, 2.75) is 45.4 Å². The van der Waals surface area contributed by atoms with Gasteiger partial charge in [-0.05, 0) is 43.4 Å².